The van der Waals surface area contributed by atoms with Crippen molar-refractivity contribution in [3.05, 3.63) is 59.4 Å². The molecule has 1 aromatic carbocycles. The summed E-state index contributed by atoms with van der Waals surface area (Å²) in [5, 5.41) is 0. The molecule has 0 N–H and O–H groups in total. The molecule has 0 saturated heterocycles. The summed E-state index contributed by atoms with van der Waals surface area (Å²) in [4.78, 5) is 18.5. The summed E-state index contributed by atoms with van der Waals surface area (Å²) in [5.41, 5.74) is 3.73. The van der Waals surface area contributed by atoms with Crippen LogP contribution in [0.1, 0.15) is 21.6 Å². The molecule has 1 aromatic heterocycles. The number of carbonyl (C=O) groups is 1. The second kappa shape index (κ2) is 4.26. The zero-order valence-corrected chi connectivity index (χ0v) is 10.3. The summed E-state index contributed by atoms with van der Waals surface area (Å²) in [5.74, 6) is -0.00181. The van der Waals surface area contributed by atoms with E-state index in [4.69, 9.17) is 0 Å². The summed E-state index contributed by atoms with van der Waals surface area (Å²) in [6.07, 6.45) is 2.59. The molecule has 0 atom stereocenters. The van der Waals surface area contributed by atoms with Crippen LogP contribution in [0.2, 0.25) is 0 Å². The number of nitrogens with zero attached hydrogens (tertiary/aromatic N) is 2. The molecule has 90 valence electrons. The molecule has 0 bridgehead atoms. The van der Waals surface area contributed by atoms with Gasteiger partial charge in [0.05, 0.1) is 0 Å². The van der Waals surface area contributed by atoms with Crippen molar-refractivity contribution < 1.29 is 4.79 Å². The number of hydrogen-bond acceptors (Lipinski definition) is 2. The fourth-order valence-electron chi connectivity index (χ4n) is 2.39. The first-order valence-electron chi connectivity index (χ1n) is 6.09. The van der Waals surface area contributed by atoms with Gasteiger partial charge in [0.2, 0.25) is 0 Å². The number of para-hydroxylation sites is 1. The molecule has 2 heterocycles. The highest BCUT2D eigenvalue weighted by molar-refractivity contribution is 6.06. The van der Waals surface area contributed by atoms with Gasteiger partial charge in [0.25, 0.3) is 5.91 Å². The number of anilines is 1. The van der Waals surface area contributed by atoms with Crippen LogP contribution >= 0.6 is 0 Å². The van der Waals surface area contributed by atoms with Crippen LogP contribution in [0.25, 0.3) is 0 Å². The third kappa shape index (κ3) is 1.68. The van der Waals surface area contributed by atoms with E-state index in [0.29, 0.717) is 5.69 Å². The lowest BCUT2D eigenvalue weighted by atomic mass is 10.1. The van der Waals surface area contributed by atoms with Crippen LogP contribution in [0, 0.1) is 6.92 Å². The zero-order valence-electron chi connectivity index (χ0n) is 10.3. The highest BCUT2D eigenvalue weighted by Crippen LogP contribution is 2.28. The van der Waals surface area contributed by atoms with Crippen LogP contribution in [-0.4, -0.2) is 17.4 Å². The third-order valence-electron chi connectivity index (χ3n) is 3.34. The van der Waals surface area contributed by atoms with Crippen molar-refractivity contribution in [3.63, 3.8) is 0 Å². The van der Waals surface area contributed by atoms with Crippen molar-refractivity contribution in [3.8, 4) is 0 Å². The van der Waals surface area contributed by atoms with Gasteiger partial charge in [-0.3, -0.25) is 9.78 Å². The van der Waals surface area contributed by atoms with Gasteiger partial charge in [0.15, 0.2) is 0 Å². The van der Waals surface area contributed by atoms with Crippen LogP contribution < -0.4 is 4.90 Å². The number of pyridine rings is 1. The van der Waals surface area contributed by atoms with Crippen LogP contribution in [0.5, 0.6) is 0 Å². The standard InChI is InChI=1S/C15H14N2O/c1-11-5-4-9-16-14(11)15(18)17-10-8-12-6-2-3-7-13(12)17/h2-7,9H,8,10H2,1H3. The van der Waals surface area contributed by atoms with E-state index in [1.807, 2.05) is 42.2 Å². The third-order valence-corrected chi connectivity index (χ3v) is 3.34. The van der Waals surface area contributed by atoms with Gasteiger partial charge in [-0.25, -0.2) is 0 Å². The number of hydrogen-bond donors (Lipinski definition) is 0. The van der Waals surface area contributed by atoms with E-state index in [9.17, 15) is 4.79 Å². The molecule has 1 aliphatic rings. The number of rotatable bonds is 1. The second-order valence-corrected chi connectivity index (χ2v) is 4.50. The van der Waals surface area contributed by atoms with Gasteiger partial charge in [-0.2, -0.15) is 0 Å². The molecular weight excluding hydrogens is 224 g/mol. The lowest BCUT2D eigenvalue weighted by molar-refractivity contribution is 0.0984. The highest BCUT2D eigenvalue weighted by atomic mass is 16.2. The number of aromatic nitrogens is 1. The lowest BCUT2D eigenvalue weighted by Gasteiger charge is -2.17. The Morgan fingerprint density at radius 1 is 1.22 bits per heavy atom. The van der Waals surface area contributed by atoms with Gasteiger partial charge >= 0.3 is 0 Å². The SMILES string of the molecule is Cc1cccnc1C(=O)N1CCc2ccccc21. The number of benzene rings is 1. The quantitative estimate of drug-likeness (QED) is 0.765. The summed E-state index contributed by atoms with van der Waals surface area (Å²) in [6, 6.07) is 11.8. The molecule has 2 aromatic rings. The molecule has 1 amide bonds. The van der Waals surface area contributed by atoms with E-state index in [2.05, 4.69) is 11.1 Å². The molecule has 0 radical (unpaired) electrons. The van der Waals surface area contributed by atoms with Gasteiger partial charge in [0, 0.05) is 18.4 Å². The largest absolute Gasteiger partial charge is 0.306 e. The molecule has 3 heteroatoms. The first-order chi connectivity index (χ1) is 8.77. The van der Waals surface area contributed by atoms with E-state index >= 15 is 0 Å². The first kappa shape index (κ1) is 11.0. The Morgan fingerprint density at radius 3 is 2.89 bits per heavy atom. The zero-order chi connectivity index (χ0) is 12.5. The van der Waals surface area contributed by atoms with Gasteiger partial charge in [0.1, 0.15) is 5.69 Å². The van der Waals surface area contributed by atoms with Gasteiger partial charge < -0.3 is 4.90 Å². The molecule has 0 fully saturated rings. The van der Waals surface area contributed by atoms with Crippen molar-refractivity contribution in [2.75, 3.05) is 11.4 Å². The molecule has 1 aliphatic heterocycles. The van der Waals surface area contributed by atoms with Crippen LogP contribution in [-0.2, 0) is 6.42 Å². The Labute approximate surface area is 106 Å². The fraction of sp³-hybridized carbons (Fsp3) is 0.200. The van der Waals surface area contributed by atoms with Gasteiger partial charge in [-0.15, -0.1) is 0 Å². The molecule has 0 spiro atoms. The summed E-state index contributed by atoms with van der Waals surface area (Å²) in [6.45, 7) is 2.66. The van der Waals surface area contributed by atoms with E-state index in [-0.39, 0.29) is 5.91 Å². The van der Waals surface area contributed by atoms with Crippen molar-refractivity contribution in [1.29, 1.82) is 0 Å². The lowest BCUT2D eigenvalue weighted by Crippen LogP contribution is -2.30. The Hall–Kier alpha value is -2.16. The van der Waals surface area contributed by atoms with Crippen molar-refractivity contribution >= 4 is 11.6 Å². The van der Waals surface area contributed by atoms with Crippen molar-refractivity contribution in [1.82, 2.24) is 4.98 Å². The predicted molar refractivity (Wildman–Crippen MR) is 70.8 cm³/mol. The maximum absolute atomic E-state index is 12.5. The minimum absolute atomic E-state index is 0.00181. The van der Waals surface area contributed by atoms with Gasteiger partial charge in [-0.1, -0.05) is 24.3 Å². The van der Waals surface area contributed by atoms with Crippen molar-refractivity contribution in [2.24, 2.45) is 0 Å². The Balaban J connectivity index is 1.99. The Kier molecular flexibility index (Phi) is 2.59. The summed E-state index contributed by atoms with van der Waals surface area (Å²) < 4.78 is 0. The van der Waals surface area contributed by atoms with Gasteiger partial charge in [-0.05, 0) is 36.6 Å². The number of carbonyl (C=O) groups excluding carboxylic acids is 1. The minimum Gasteiger partial charge on any atom is -0.306 e. The van der Waals surface area contributed by atoms with E-state index in [1.165, 1.54) is 5.56 Å². The van der Waals surface area contributed by atoms with Crippen LogP contribution in [0.4, 0.5) is 5.69 Å². The molecule has 0 unspecified atom stereocenters. The minimum atomic E-state index is -0.00181. The van der Waals surface area contributed by atoms with Crippen LogP contribution in [0.3, 0.4) is 0 Å². The number of amides is 1. The molecule has 18 heavy (non-hydrogen) atoms. The monoisotopic (exact) mass is 238 g/mol. The van der Waals surface area contributed by atoms with E-state index in [0.717, 1.165) is 24.2 Å². The summed E-state index contributed by atoms with van der Waals surface area (Å²) in [7, 11) is 0. The Bertz CT molecular complexity index is 607. The molecule has 0 aliphatic carbocycles. The molecular formula is C15H14N2O. The maximum Gasteiger partial charge on any atom is 0.277 e. The first-order valence-corrected chi connectivity index (χ1v) is 6.09. The van der Waals surface area contributed by atoms with E-state index in [1.54, 1.807) is 6.20 Å². The predicted octanol–water partition coefficient (Wildman–Crippen LogP) is 2.59. The average molecular weight is 238 g/mol. The normalized spacial score (nSPS) is 13.5. The maximum atomic E-state index is 12.5. The topological polar surface area (TPSA) is 33.2 Å². The van der Waals surface area contributed by atoms with E-state index < -0.39 is 0 Å². The smallest absolute Gasteiger partial charge is 0.277 e. The average Bonchev–Trinajstić information content (AvgIpc) is 2.82. The Morgan fingerprint density at radius 2 is 2.06 bits per heavy atom. The fourth-order valence-corrected chi connectivity index (χ4v) is 2.39. The van der Waals surface area contributed by atoms with Crippen molar-refractivity contribution in [2.45, 2.75) is 13.3 Å². The molecule has 3 rings (SSSR count). The number of aryl methyl sites for hydroxylation is 1. The second-order valence-electron chi connectivity index (χ2n) is 4.50. The summed E-state index contributed by atoms with van der Waals surface area (Å²) >= 11 is 0. The molecule has 3 nitrogen and oxygen atoms in total. The number of fused-ring (bicyclic) bond motifs is 1. The molecule has 0 saturated carbocycles. The van der Waals surface area contributed by atoms with Crippen LogP contribution in [0.15, 0.2) is 42.6 Å². The highest BCUT2D eigenvalue weighted by Gasteiger charge is 2.26.